The maximum Gasteiger partial charge on any atom is 0.194 e. The molecule has 0 bridgehead atoms. The third-order valence-corrected chi connectivity index (χ3v) is 4.02. The van der Waals surface area contributed by atoms with Crippen LogP contribution in [0.1, 0.15) is 0 Å². The summed E-state index contributed by atoms with van der Waals surface area (Å²) in [5.41, 5.74) is 6.64. The lowest BCUT2D eigenvalue weighted by Gasteiger charge is -2.02. The number of hydrogen-bond donors (Lipinski definition) is 1. The van der Waals surface area contributed by atoms with E-state index in [1.807, 2.05) is 0 Å². The first-order chi connectivity index (χ1) is 9.95. The lowest BCUT2D eigenvalue weighted by atomic mass is 10.3. The van der Waals surface area contributed by atoms with Gasteiger partial charge in [0.25, 0.3) is 0 Å². The van der Waals surface area contributed by atoms with Gasteiger partial charge in [-0.05, 0) is 12.1 Å². The Kier molecular flexibility index (Phi) is 3.38. The molecule has 3 rings (SSSR count). The van der Waals surface area contributed by atoms with Crippen molar-refractivity contribution in [2.75, 3.05) is 5.73 Å². The average Bonchev–Trinajstić information content (AvgIpc) is 3.01. The van der Waals surface area contributed by atoms with Crippen LogP contribution in [0.5, 0.6) is 0 Å². The fourth-order valence-corrected chi connectivity index (χ4v) is 2.88. The Bertz CT molecular complexity index is 805. The monoisotopic (exact) mass is 329 g/mol. The van der Waals surface area contributed by atoms with E-state index >= 15 is 0 Å². The molecule has 0 aliphatic rings. The smallest absolute Gasteiger partial charge is 0.194 e. The summed E-state index contributed by atoms with van der Waals surface area (Å²) in [7, 11) is 0. The summed E-state index contributed by atoms with van der Waals surface area (Å²) < 4.78 is 41.2. The Morgan fingerprint density at radius 1 is 1.14 bits per heavy atom. The summed E-state index contributed by atoms with van der Waals surface area (Å²) in [5, 5.41) is 4.16. The van der Waals surface area contributed by atoms with Crippen LogP contribution in [0, 0.1) is 17.5 Å². The first-order valence-electron chi connectivity index (χ1n) is 5.71. The Morgan fingerprint density at radius 2 is 1.81 bits per heavy atom. The number of thiophene rings is 1. The molecule has 0 aliphatic carbocycles. The maximum atomic E-state index is 13.3. The van der Waals surface area contributed by atoms with Crippen molar-refractivity contribution in [3.63, 3.8) is 0 Å². The summed E-state index contributed by atoms with van der Waals surface area (Å²) in [6.45, 7) is 0. The van der Waals surface area contributed by atoms with Crippen molar-refractivity contribution >= 4 is 28.6 Å². The molecule has 21 heavy (non-hydrogen) atoms. The number of nitrogens with zero attached hydrogens (tertiary/aromatic N) is 2. The highest BCUT2D eigenvalue weighted by Crippen LogP contribution is 2.33. The van der Waals surface area contributed by atoms with E-state index in [0.717, 1.165) is 17.0 Å². The van der Waals surface area contributed by atoms with E-state index in [4.69, 9.17) is 17.3 Å². The SMILES string of the molecule is Nc1cn(-c2cc(F)c(F)c(F)c2)nc1-c1ccc(Cl)s1. The van der Waals surface area contributed by atoms with Crippen LogP contribution in [0.15, 0.2) is 30.5 Å². The number of halogens is 4. The topological polar surface area (TPSA) is 43.8 Å². The average molecular weight is 330 g/mol. The van der Waals surface area contributed by atoms with E-state index in [-0.39, 0.29) is 5.69 Å². The zero-order valence-electron chi connectivity index (χ0n) is 10.3. The summed E-state index contributed by atoms with van der Waals surface area (Å²) in [4.78, 5) is 0.722. The van der Waals surface area contributed by atoms with Gasteiger partial charge in [0, 0.05) is 12.1 Å². The zero-order chi connectivity index (χ0) is 15.1. The molecule has 0 saturated carbocycles. The summed E-state index contributed by atoms with van der Waals surface area (Å²) in [6, 6.07) is 5.12. The molecule has 108 valence electrons. The standard InChI is InChI=1S/C13H7ClF3N3S/c14-11-2-1-10(21-11)13-9(18)5-20(19-13)6-3-7(15)12(17)8(16)4-6/h1-5H,18H2. The third kappa shape index (κ3) is 2.50. The highest BCUT2D eigenvalue weighted by Gasteiger charge is 2.15. The second-order valence-corrected chi connectivity index (χ2v) is 5.92. The Labute approximate surface area is 126 Å². The van der Waals surface area contributed by atoms with Gasteiger partial charge in [-0.1, -0.05) is 11.6 Å². The second kappa shape index (κ2) is 5.09. The van der Waals surface area contributed by atoms with Gasteiger partial charge in [0.2, 0.25) is 0 Å². The van der Waals surface area contributed by atoms with Crippen LogP contribution in [0.3, 0.4) is 0 Å². The van der Waals surface area contributed by atoms with E-state index in [0.29, 0.717) is 15.7 Å². The van der Waals surface area contributed by atoms with Crippen molar-refractivity contribution < 1.29 is 13.2 Å². The van der Waals surface area contributed by atoms with Crippen molar-refractivity contribution in [3.05, 3.63) is 52.3 Å². The third-order valence-electron chi connectivity index (χ3n) is 2.78. The summed E-state index contributed by atoms with van der Waals surface area (Å²) in [5.74, 6) is -4.11. The molecule has 0 atom stereocenters. The molecule has 2 heterocycles. The van der Waals surface area contributed by atoms with Gasteiger partial charge in [0.15, 0.2) is 17.5 Å². The fraction of sp³-hybridized carbons (Fsp3) is 0. The van der Waals surface area contributed by atoms with Crippen molar-refractivity contribution in [3.8, 4) is 16.3 Å². The van der Waals surface area contributed by atoms with E-state index in [9.17, 15) is 13.2 Å². The minimum atomic E-state index is -1.52. The largest absolute Gasteiger partial charge is 0.396 e. The number of anilines is 1. The van der Waals surface area contributed by atoms with E-state index in [1.54, 1.807) is 12.1 Å². The summed E-state index contributed by atoms with van der Waals surface area (Å²) >= 11 is 7.12. The van der Waals surface area contributed by atoms with Crippen LogP contribution < -0.4 is 5.73 Å². The molecule has 0 radical (unpaired) electrons. The quantitative estimate of drug-likeness (QED) is 0.714. The van der Waals surface area contributed by atoms with Gasteiger partial charge in [-0.3, -0.25) is 0 Å². The molecule has 1 aromatic carbocycles. The molecule has 0 amide bonds. The Hall–Kier alpha value is -1.99. The molecule has 2 N–H and O–H groups in total. The number of aromatic nitrogens is 2. The van der Waals surface area contributed by atoms with Crippen molar-refractivity contribution in [1.82, 2.24) is 9.78 Å². The van der Waals surface area contributed by atoms with Gasteiger partial charge in [-0.2, -0.15) is 5.10 Å². The minimum absolute atomic E-state index is 0.0343. The molecular formula is C13H7ClF3N3S. The molecule has 3 nitrogen and oxygen atoms in total. The van der Waals surface area contributed by atoms with Crippen LogP contribution in [0.4, 0.5) is 18.9 Å². The van der Waals surface area contributed by atoms with Crippen LogP contribution in [-0.4, -0.2) is 9.78 Å². The number of rotatable bonds is 2. The molecule has 0 fully saturated rings. The molecule has 3 aromatic rings. The van der Waals surface area contributed by atoms with Gasteiger partial charge >= 0.3 is 0 Å². The van der Waals surface area contributed by atoms with Crippen molar-refractivity contribution in [2.24, 2.45) is 0 Å². The van der Waals surface area contributed by atoms with Gasteiger partial charge in [-0.25, -0.2) is 17.9 Å². The minimum Gasteiger partial charge on any atom is -0.396 e. The van der Waals surface area contributed by atoms with Crippen molar-refractivity contribution in [1.29, 1.82) is 0 Å². The van der Waals surface area contributed by atoms with Crippen LogP contribution in [0.2, 0.25) is 4.34 Å². The molecule has 0 unspecified atom stereocenters. The van der Waals surface area contributed by atoms with E-state index in [1.165, 1.54) is 22.2 Å². The number of nitrogen functional groups attached to an aromatic ring is 1. The van der Waals surface area contributed by atoms with Crippen LogP contribution in [0.25, 0.3) is 16.3 Å². The first-order valence-corrected chi connectivity index (χ1v) is 6.91. The predicted molar refractivity (Wildman–Crippen MR) is 76.2 cm³/mol. The van der Waals surface area contributed by atoms with Gasteiger partial charge in [0.1, 0.15) is 5.69 Å². The predicted octanol–water partition coefficient (Wildman–Crippen LogP) is 4.25. The van der Waals surface area contributed by atoms with E-state index in [2.05, 4.69) is 5.10 Å². The molecule has 0 aliphatic heterocycles. The van der Waals surface area contributed by atoms with Gasteiger partial charge in [-0.15, -0.1) is 11.3 Å². The number of hydrogen-bond acceptors (Lipinski definition) is 3. The molecule has 0 saturated heterocycles. The Balaban J connectivity index is 2.09. The highest BCUT2D eigenvalue weighted by atomic mass is 35.5. The fourth-order valence-electron chi connectivity index (χ4n) is 1.83. The lowest BCUT2D eigenvalue weighted by Crippen LogP contribution is -1.99. The number of nitrogens with two attached hydrogens (primary N) is 1. The maximum absolute atomic E-state index is 13.3. The zero-order valence-corrected chi connectivity index (χ0v) is 11.9. The number of benzene rings is 1. The van der Waals surface area contributed by atoms with Gasteiger partial charge in [0.05, 0.1) is 26.8 Å². The first kappa shape index (κ1) is 14.0. The van der Waals surface area contributed by atoms with Crippen molar-refractivity contribution in [2.45, 2.75) is 0 Å². The molecule has 0 spiro atoms. The van der Waals surface area contributed by atoms with Gasteiger partial charge < -0.3 is 5.73 Å². The lowest BCUT2D eigenvalue weighted by molar-refractivity contribution is 0.446. The molecular weight excluding hydrogens is 323 g/mol. The highest BCUT2D eigenvalue weighted by molar-refractivity contribution is 7.19. The molecule has 2 aromatic heterocycles. The second-order valence-electron chi connectivity index (χ2n) is 4.20. The Morgan fingerprint density at radius 3 is 2.38 bits per heavy atom. The summed E-state index contributed by atoms with van der Waals surface area (Å²) in [6.07, 6.45) is 1.40. The van der Waals surface area contributed by atoms with Crippen LogP contribution in [-0.2, 0) is 0 Å². The normalized spacial score (nSPS) is 11.0. The molecule has 8 heteroatoms. The van der Waals surface area contributed by atoms with E-state index < -0.39 is 17.5 Å². The van der Waals surface area contributed by atoms with Crippen LogP contribution >= 0.6 is 22.9 Å².